The highest BCUT2D eigenvalue weighted by molar-refractivity contribution is 5.03. The van der Waals surface area contributed by atoms with Crippen LogP contribution >= 0.6 is 0 Å². The van der Waals surface area contributed by atoms with Gasteiger partial charge >= 0.3 is 0 Å². The summed E-state index contributed by atoms with van der Waals surface area (Å²) in [5.41, 5.74) is -0.369. The Morgan fingerprint density at radius 2 is 1.69 bits per heavy atom. The van der Waals surface area contributed by atoms with Gasteiger partial charge in [-0.1, -0.05) is 51.2 Å². The molecule has 0 saturated heterocycles. The lowest BCUT2D eigenvalue weighted by molar-refractivity contribution is 0.0421. The van der Waals surface area contributed by atoms with Crippen LogP contribution in [-0.2, 0) is 0 Å². The van der Waals surface area contributed by atoms with Gasteiger partial charge in [0.05, 0.1) is 5.60 Å². The molecule has 1 aliphatic carbocycles. The molecule has 0 unspecified atom stereocenters. The number of hydrogen-bond donors (Lipinski definition) is 1. The van der Waals surface area contributed by atoms with Gasteiger partial charge in [-0.3, -0.25) is 0 Å². The van der Waals surface area contributed by atoms with Crippen LogP contribution in [0.2, 0.25) is 0 Å². The monoisotopic (exact) mass is 182 g/mol. The Bertz CT molecular complexity index is 153. The minimum atomic E-state index is -0.369. The molecule has 76 valence electrons. The first-order valence-electron chi connectivity index (χ1n) is 5.64. The number of rotatable bonds is 6. The van der Waals surface area contributed by atoms with E-state index in [1.54, 1.807) is 0 Å². The van der Waals surface area contributed by atoms with E-state index in [0.29, 0.717) is 0 Å². The van der Waals surface area contributed by atoms with E-state index in [1.807, 2.05) is 0 Å². The molecule has 0 saturated carbocycles. The van der Waals surface area contributed by atoms with E-state index in [2.05, 4.69) is 19.1 Å². The predicted octanol–water partition coefficient (Wildman–Crippen LogP) is 3.43. The van der Waals surface area contributed by atoms with E-state index >= 15 is 0 Å². The van der Waals surface area contributed by atoms with Gasteiger partial charge < -0.3 is 5.11 Å². The van der Waals surface area contributed by atoms with Crippen LogP contribution in [0.5, 0.6) is 0 Å². The summed E-state index contributed by atoms with van der Waals surface area (Å²) in [6, 6.07) is 0. The van der Waals surface area contributed by atoms with Crippen molar-refractivity contribution >= 4 is 0 Å². The second-order valence-electron chi connectivity index (χ2n) is 4.27. The first kappa shape index (κ1) is 10.8. The summed E-state index contributed by atoms with van der Waals surface area (Å²) in [7, 11) is 0. The van der Waals surface area contributed by atoms with Crippen molar-refractivity contribution in [3.63, 3.8) is 0 Å². The summed E-state index contributed by atoms with van der Waals surface area (Å²) in [6.07, 6.45) is 13.4. The highest BCUT2D eigenvalue weighted by atomic mass is 16.3. The lowest BCUT2D eigenvalue weighted by atomic mass is 9.93. The standard InChI is InChI=1S/C12H22O/c1-2-3-4-5-6-9-12(13)10-7-8-11-12/h7-8,13H,2-6,9-11H2,1H3. The van der Waals surface area contributed by atoms with Gasteiger partial charge in [0.15, 0.2) is 0 Å². The fourth-order valence-electron chi connectivity index (χ4n) is 1.95. The zero-order valence-electron chi connectivity index (χ0n) is 8.76. The van der Waals surface area contributed by atoms with Crippen LogP contribution < -0.4 is 0 Å². The number of hydrogen-bond acceptors (Lipinski definition) is 1. The molecule has 0 aliphatic heterocycles. The van der Waals surface area contributed by atoms with Gasteiger partial charge in [-0.15, -0.1) is 0 Å². The first-order valence-corrected chi connectivity index (χ1v) is 5.64. The Morgan fingerprint density at radius 3 is 2.31 bits per heavy atom. The van der Waals surface area contributed by atoms with Gasteiger partial charge in [0.25, 0.3) is 0 Å². The Balaban J connectivity index is 1.99. The summed E-state index contributed by atoms with van der Waals surface area (Å²) >= 11 is 0. The molecule has 0 aromatic heterocycles. The highest BCUT2D eigenvalue weighted by Crippen LogP contribution is 2.28. The molecule has 0 radical (unpaired) electrons. The van der Waals surface area contributed by atoms with Crippen LogP contribution in [0.1, 0.15) is 58.3 Å². The van der Waals surface area contributed by atoms with Crippen LogP contribution in [0.4, 0.5) is 0 Å². The molecule has 1 rings (SSSR count). The second-order valence-corrected chi connectivity index (χ2v) is 4.27. The average Bonchev–Trinajstić information content (AvgIpc) is 2.53. The normalized spacial score (nSPS) is 19.5. The van der Waals surface area contributed by atoms with E-state index in [-0.39, 0.29) is 5.60 Å². The molecule has 0 heterocycles. The van der Waals surface area contributed by atoms with E-state index in [0.717, 1.165) is 19.3 Å². The van der Waals surface area contributed by atoms with Gasteiger partial charge in [0.1, 0.15) is 0 Å². The molecule has 0 atom stereocenters. The third-order valence-corrected chi connectivity index (χ3v) is 2.91. The third kappa shape index (κ3) is 3.95. The molecule has 0 aromatic rings. The first-order chi connectivity index (χ1) is 6.27. The van der Waals surface area contributed by atoms with E-state index in [9.17, 15) is 5.11 Å². The Morgan fingerprint density at radius 1 is 1.08 bits per heavy atom. The fourth-order valence-corrected chi connectivity index (χ4v) is 1.95. The van der Waals surface area contributed by atoms with E-state index in [4.69, 9.17) is 0 Å². The van der Waals surface area contributed by atoms with Crippen LogP contribution in [0.25, 0.3) is 0 Å². The maximum Gasteiger partial charge on any atom is 0.0716 e. The van der Waals surface area contributed by atoms with Crippen molar-refractivity contribution < 1.29 is 5.11 Å². The molecular formula is C12H22O. The molecule has 0 spiro atoms. The molecule has 0 aromatic carbocycles. The number of unbranched alkanes of at least 4 members (excludes halogenated alkanes) is 4. The van der Waals surface area contributed by atoms with Crippen molar-refractivity contribution in [1.29, 1.82) is 0 Å². The molecule has 1 nitrogen and oxygen atoms in total. The molecule has 1 N–H and O–H groups in total. The van der Waals surface area contributed by atoms with Gasteiger partial charge in [-0.05, 0) is 19.3 Å². The van der Waals surface area contributed by atoms with Crippen LogP contribution in [0.15, 0.2) is 12.2 Å². The largest absolute Gasteiger partial charge is 0.389 e. The quantitative estimate of drug-likeness (QED) is 0.493. The zero-order valence-corrected chi connectivity index (χ0v) is 8.76. The highest BCUT2D eigenvalue weighted by Gasteiger charge is 2.26. The molecule has 0 fully saturated rings. The fraction of sp³-hybridized carbons (Fsp3) is 0.833. The van der Waals surface area contributed by atoms with E-state index < -0.39 is 0 Å². The molecule has 0 bridgehead atoms. The Kier molecular flexibility index (Phi) is 4.51. The van der Waals surface area contributed by atoms with Crippen molar-refractivity contribution in [1.82, 2.24) is 0 Å². The van der Waals surface area contributed by atoms with Crippen molar-refractivity contribution in [3.05, 3.63) is 12.2 Å². The van der Waals surface area contributed by atoms with Crippen LogP contribution in [0, 0.1) is 0 Å². The Labute approximate surface area is 81.9 Å². The lowest BCUT2D eigenvalue weighted by Gasteiger charge is -2.21. The summed E-state index contributed by atoms with van der Waals surface area (Å²) in [6.45, 7) is 2.23. The topological polar surface area (TPSA) is 20.2 Å². The smallest absolute Gasteiger partial charge is 0.0716 e. The Hall–Kier alpha value is -0.300. The van der Waals surface area contributed by atoms with Crippen molar-refractivity contribution in [2.75, 3.05) is 0 Å². The van der Waals surface area contributed by atoms with Crippen molar-refractivity contribution in [3.8, 4) is 0 Å². The maximum atomic E-state index is 9.99. The average molecular weight is 182 g/mol. The lowest BCUT2D eigenvalue weighted by Crippen LogP contribution is -2.23. The van der Waals surface area contributed by atoms with Gasteiger partial charge in [-0.2, -0.15) is 0 Å². The minimum Gasteiger partial charge on any atom is -0.389 e. The second kappa shape index (κ2) is 5.43. The van der Waals surface area contributed by atoms with Crippen LogP contribution in [0.3, 0.4) is 0 Å². The maximum absolute atomic E-state index is 9.99. The SMILES string of the molecule is CCCCCCCC1(O)CC=CC1. The van der Waals surface area contributed by atoms with Gasteiger partial charge in [0.2, 0.25) is 0 Å². The predicted molar refractivity (Wildman–Crippen MR) is 56.7 cm³/mol. The third-order valence-electron chi connectivity index (χ3n) is 2.91. The van der Waals surface area contributed by atoms with Crippen molar-refractivity contribution in [2.24, 2.45) is 0 Å². The molecule has 13 heavy (non-hydrogen) atoms. The summed E-state index contributed by atoms with van der Waals surface area (Å²) < 4.78 is 0. The van der Waals surface area contributed by atoms with Gasteiger partial charge in [-0.25, -0.2) is 0 Å². The van der Waals surface area contributed by atoms with Crippen LogP contribution in [-0.4, -0.2) is 10.7 Å². The molecule has 0 amide bonds. The van der Waals surface area contributed by atoms with Gasteiger partial charge in [0, 0.05) is 0 Å². The summed E-state index contributed by atoms with van der Waals surface area (Å²) in [5, 5.41) is 9.99. The summed E-state index contributed by atoms with van der Waals surface area (Å²) in [5.74, 6) is 0. The van der Waals surface area contributed by atoms with E-state index in [1.165, 1.54) is 32.1 Å². The number of aliphatic hydroxyl groups is 1. The molecule has 1 aliphatic rings. The summed E-state index contributed by atoms with van der Waals surface area (Å²) in [4.78, 5) is 0. The zero-order chi connectivity index (χ0) is 9.57. The molecular weight excluding hydrogens is 160 g/mol. The minimum absolute atomic E-state index is 0.369. The molecule has 1 heteroatoms. The van der Waals surface area contributed by atoms with Crippen molar-refractivity contribution in [2.45, 2.75) is 63.9 Å².